The first-order chi connectivity index (χ1) is 10.8. The molecule has 2 aromatic rings. The molecule has 1 aliphatic heterocycles. The van der Waals surface area contributed by atoms with Gasteiger partial charge in [-0.2, -0.15) is 0 Å². The standard InChI is InChI=1S/C17H20N4O/c22-17(13-21-10-4-5-11-21)20-15-8-9-16(18-12-15)19-14-6-2-1-3-7-14/h1-3,6-9,12H,4-5,10-11,13H2,(H,18,19)(H,20,22). The molecule has 1 aliphatic rings. The molecule has 0 unspecified atom stereocenters. The molecule has 22 heavy (non-hydrogen) atoms. The van der Waals surface area contributed by atoms with Crippen molar-refractivity contribution in [2.45, 2.75) is 12.8 Å². The smallest absolute Gasteiger partial charge is 0.238 e. The molecule has 1 amide bonds. The molecule has 114 valence electrons. The van der Waals surface area contributed by atoms with E-state index in [0.717, 1.165) is 30.3 Å². The molecular weight excluding hydrogens is 276 g/mol. The molecule has 5 heteroatoms. The van der Waals surface area contributed by atoms with Crippen molar-refractivity contribution in [3.05, 3.63) is 48.7 Å². The second-order valence-corrected chi connectivity index (χ2v) is 5.45. The number of likely N-dealkylation sites (tertiary alicyclic amines) is 1. The summed E-state index contributed by atoms with van der Waals surface area (Å²) in [6, 6.07) is 13.6. The van der Waals surface area contributed by atoms with E-state index < -0.39 is 0 Å². The van der Waals surface area contributed by atoms with Crippen LogP contribution in [0, 0.1) is 0 Å². The number of nitrogens with one attached hydrogen (secondary N) is 2. The molecule has 3 rings (SSSR count). The van der Waals surface area contributed by atoms with E-state index in [4.69, 9.17) is 0 Å². The van der Waals surface area contributed by atoms with Gasteiger partial charge in [0.15, 0.2) is 0 Å². The molecule has 1 saturated heterocycles. The van der Waals surface area contributed by atoms with Crippen molar-refractivity contribution in [2.24, 2.45) is 0 Å². The molecule has 2 N–H and O–H groups in total. The predicted molar refractivity (Wildman–Crippen MR) is 88.3 cm³/mol. The van der Waals surface area contributed by atoms with Crippen LogP contribution in [0.2, 0.25) is 0 Å². The summed E-state index contributed by atoms with van der Waals surface area (Å²) < 4.78 is 0. The summed E-state index contributed by atoms with van der Waals surface area (Å²) in [6.07, 6.45) is 4.05. The molecule has 1 fully saturated rings. The number of hydrogen-bond acceptors (Lipinski definition) is 4. The predicted octanol–water partition coefficient (Wildman–Crippen LogP) is 2.86. The summed E-state index contributed by atoms with van der Waals surface area (Å²) in [5.41, 5.74) is 1.71. The Morgan fingerprint density at radius 3 is 2.50 bits per heavy atom. The van der Waals surface area contributed by atoms with Gasteiger partial charge in [0.25, 0.3) is 0 Å². The Bertz CT molecular complexity index is 606. The molecule has 0 atom stereocenters. The highest BCUT2D eigenvalue weighted by molar-refractivity contribution is 5.92. The van der Waals surface area contributed by atoms with Crippen molar-refractivity contribution in [1.29, 1.82) is 0 Å². The van der Waals surface area contributed by atoms with Crippen molar-refractivity contribution in [1.82, 2.24) is 9.88 Å². The van der Waals surface area contributed by atoms with Crippen molar-refractivity contribution in [2.75, 3.05) is 30.3 Å². The van der Waals surface area contributed by atoms with E-state index in [1.165, 1.54) is 12.8 Å². The first-order valence-electron chi connectivity index (χ1n) is 7.60. The number of anilines is 3. The minimum absolute atomic E-state index is 0.0208. The van der Waals surface area contributed by atoms with Gasteiger partial charge in [0.1, 0.15) is 5.82 Å². The molecule has 5 nitrogen and oxygen atoms in total. The molecule has 0 saturated carbocycles. The van der Waals surface area contributed by atoms with Gasteiger partial charge >= 0.3 is 0 Å². The summed E-state index contributed by atoms with van der Waals surface area (Å²) in [4.78, 5) is 18.4. The highest BCUT2D eigenvalue weighted by atomic mass is 16.2. The van der Waals surface area contributed by atoms with E-state index in [1.54, 1.807) is 6.20 Å². The molecular formula is C17H20N4O. The van der Waals surface area contributed by atoms with Crippen LogP contribution in [-0.2, 0) is 4.79 Å². The van der Waals surface area contributed by atoms with Gasteiger partial charge in [-0.3, -0.25) is 9.69 Å². The Balaban J connectivity index is 1.53. The molecule has 0 radical (unpaired) electrons. The van der Waals surface area contributed by atoms with Crippen molar-refractivity contribution in [3.8, 4) is 0 Å². The molecule has 0 spiro atoms. The van der Waals surface area contributed by atoms with Gasteiger partial charge in [-0.1, -0.05) is 18.2 Å². The Morgan fingerprint density at radius 1 is 1.05 bits per heavy atom. The number of benzene rings is 1. The van der Waals surface area contributed by atoms with E-state index in [2.05, 4.69) is 20.5 Å². The zero-order chi connectivity index (χ0) is 15.2. The average molecular weight is 296 g/mol. The topological polar surface area (TPSA) is 57.3 Å². The van der Waals surface area contributed by atoms with Gasteiger partial charge < -0.3 is 10.6 Å². The van der Waals surface area contributed by atoms with Crippen molar-refractivity contribution in [3.63, 3.8) is 0 Å². The van der Waals surface area contributed by atoms with E-state index >= 15 is 0 Å². The van der Waals surface area contributed by atoms with Gasteiger partial charge in [0.2, 0.25) is 5.91 Å². The van der Waals surface area contributed by atoms with Gasteiger partial charge in [-0.15, -0.1) is 0 Å². The maximum atomic E-state index is 11.9. The third-order valence-electron chi connectivity index (χ3n) is 3.66. The maximum absolute atomic E-state index is 11.9. The summed E-state index contributed by atoms with van der Waals surface area (Å²) in [6.45, 7) is 2.50. The molecule has 0 bridgehead atoms. The fourth-order valence-electron chi connectivity index (χ4n) is 2.56. The number of aromatic nitrogens is 1. The van der Waals surface area contributed by atoms with Crippen molar-refractivity contribution >= 4 is 23.1 Å². The zero-order valence-corrected chi connectivity index (χ0v) is 12.5. The minimum atomic E-state index is 0.0208. The number of para-hydroxylation sites is 1. The lowest BCUT2D eigenvalue weighted by molar-refractivity contribution is -0.117. The van der Waals surface area contributed by atoms with Crippen molar-refractivity contribution < 1.29 is 4.79 Å². The maximum Gasteiger partial charge on any atom is 0.238 e. The van der Waals surface area contributed by atoms with Crippen LogP contribution in [0.25, 0.3) is 0 Å². The van der Waals surface area contributed by atoms with Gasteiger partial charge in [-0.05, 0) is 50.2 Å². The number of carbonyl (C=O) groups excluding carboxylic acids is 1. The Hall–Kier alpha value is -2.40. The van der Waals surface area contributed by atoms with E-state index in [9.17, 15) is 4.79 Å². The Labute approximate surface area is 130 Å². The third kappa shape index (κ3) is 4.05. The molecule has 1 aromatic carbocycles. The SMILES string of the molecule is O=C(CN1CCCC1)Nc1ccc(Nc2ccccc2)nc1. The summed E-state index contributed by atoms with van der Waals surface area (Å²) in [7, 11) is 0. The van der Waals surface area contributed by atoms with E-state index in [0.29, 0.717) is 6.54 Å². The highest BCUT2D eigenvalue weighted by Crippen LogP contribution is 2.15. The second-order valence-electron chi connectivity index (χ2n) is 5.45. The minimum Gasteiger partial charge on any atom is -0.340 e. The molecule has 1 aromatic heterocycles. The van der Waals surface area contributed by atoms with Crippen LogP contribution < -0.4 is 10.6 Å². The molecule has 2 heterocycles. The van der Waals surface area contributed by atoms with E-state index in [-0.39, 0.29) is 5.91 Å². The number of carbonyl (C=O) groups is 1. The van der Waals surface area contributed by atoms with Crippen LogP contribution in [0.1, 0.15) is 12.8 Å². The number of hydrogen-bond donors (Lipinski definition) is 2. The zero-order valence-electron chi connectivity index (χ0n) is 12.5. The highest BCUT2D eigenvalue weighted by Gasteiger charge is 2.15. The first kappa shape index (κ1) is 14.5. The monoisotopic (exact) mass is 296 g/mol. The van der Waals surface area contributed by atoms with Crippen LogP contribution >= 0.6 is 0 Å². The number of nitrogens with zero attached hydrogens (tertiary/aromatic N) is 2. The van der Waals surface area contributed by atoms with Crippen LogP contribution in [0.4, 0.5) is 17.2 Å². The molecule has 0 aliphatic carbocycles. The lowest BCUT2D eigenvalue weighted by atomic mass is 10.3. The summed E-state index contributed by atoms with van der Waals surface area (Å²) >= 11 is 0. The van der Waals surface area contributed by atoms with Crippen LogP contribution in [0.5, 0.6) is 0 Å². The Kier molecular flexibility index (Phi) is 4.65. The summed E-state index contributed by atoms with van der Waals surface area (Å²) in [5, 5.41) is 6.10. The summed E-state index contributed by atoms with van der Waals surface area (Å²) in [5.74, 6) is 0.774. The second kappa shape index (κ2) is 7.04. The third-order valence-corrected chi connectivity index (χ3v) is 3.66. The number of pyridine rings is 1. The fourth-order valence-corrected chi connectivity index (χ4v) is 2.56. The van der Waals surface area contributed by atoms with E-state index in [1.807, 2.05) is 42.5 Å². The largest absolute Gasteiger partial charge is 0.340 e. The Morgan fingerprint density at radius 2 is 1.82 bits per heavy atom. The normalized spacial score (nSPS) is 14.7. The van der Waals surface area contributed by atoms with Crippen LogP contribution in [0.3, 0.4) is 0 Å². The van der Waals surface area contributed by atoms with Crippen LogP contribution in [0.15, 0.2) is 48.7 Å². The van der Waals surface area contributed by atoms with Gasteiger partial charge in [0.05, 0.1) is 18.4 Å². The lowest BCUT2D eigenvalue weighted by Gasteiger charge is -2.14. The first-order valence-corrected chi connectivity index (χ1v) is 7.60. The van der Waals surface area contributed by atoms with Gasteiger partial charge in [-0.25, -0.2) is 4.98 Å². The van der Waals surface area contributed by atoms with Gasteiger partial charge in [0, 0.05) is 5.69 Å². The number of rotatable bonds is 5. The fraction of sp³-hybridized carbons (Fsp3) is 0.294. The average Bonchev–Trinajstić information content (AvgIpc) is 3.03. The number of amides is 1. The van der Waals surface area contributed by atoms with Crippen LogP contribution in [-0.4, -0.2) is 35.4 Å². The quantitative estimate of drug-likeness (QED) is 0.891. The lowest BCUT2D eigenvalue weighted by Crippen LogP contribution is -2.30.